The number of nitrogens with two attached hydrogens (primary N) is 1. The van der Waals surface area contributed by atoms with Gasteiger partial charge in [-0.25, -0.2) is 22.7 Å². The van der Waals surface area contributed by atoms with Crippen LogP contribution < -0.4 is 10.5 Å². The van der Waals surface area contributed by atoms with Crippen LogP contribution in [0.15, 0.2) is 53.4 Å². The average Bonchev–Trinajstić information content (AvgIpc) is 2.47. The van der Waals surface area contributed by atoms with Crippen molar-refractivity contribution < 1.29 is 22.3 Å². The number of rotatable bonds is 4. The summed E-state index contributed by atoms with van der Waals surface area (Å²) in [4.78, 5) is 11.3. The number of benzene rings is 2. The van der Waals surface area contributed by atoms with Gasteiger partial charge in [-0.15, -0.1) is 0 Å². The van der Waals surface area contributed by atoms with Crippen LogP contribution in [0.4, 0.5) is 14.9 Å². The van der Waals surface area contributed by atoms with Crippen molar-refractivity contribution in [1.82, 2.24) is 0 Å². The van der Waals surface area contributed by atoms with Crippen LogP contribution in [0.5, 0.6) is 0 Å². The van der Waals surface area contributed by atoms with Crippen molar-refractivity contribution in [3.8, 4) is 0 Å². The first kappa shape index (κ1) is 15.9. The van der Waals surface area contributed by atoms with E-state index in [-0.39, 0.29) is 17.2 Å². The number of hydrogen-bond acceptors (Lipinski definition) is 4. The number of nitrogens with one attached hydrogen (secondary N) is 1. The largest absolute Gasteiger partial charge is 0.444 e. The summed E-state index contributed by atoms with van der Waals surface area (Å²) in [7, 11) is -3.99. The molecule has 8 heteroatoms. The lowest BCUT2D eigenvalue weighted by atomic mass is 10.2. The first-order valence-electron chi connectivity index (χ1n) is 6.16. The summed E-state index contributed by atoms with van der Waals surface area (Å²) < 4.78 is 40.9. The molecule has 0 saturated carbocycles. The SMILES string of the molecule is NS(=O)(=O)c1ccc(F)c(NC(=O)OCc2ccccc2)c1. The number of ether oxygens (including phenoxy) is 1. The van der Waals surface area contributed by atoms with E-state index in [4.69, 9.17) is 9.88 Å². The third kappa shape index (κ3) is 4.27. The molecule has 22 heavy (non-hydrogen) atoms. The Morgan fingerprint density at radius 2 is 1.86 bits per heavy atom. The number of amides is 1. The maximum atomic E-state index is 13.6. The molecule has 0 aromatic heterocycles. The summed E-state index contributed by atoms with van der Waals surface area (Å²) in [6, 6.07) is 11.7. The molecule has 1 amide bonds. The van der Waals surface area contributed by atoms with Crippen molar-refractivity contribution in [2.75, 3.05) is 5.32 Å². The van der Waals surface area contributed by atoms with E-state index in [2.05, 4.69) is 5.32 Å². The van der Waals surface area contributed by atoms with E-state index >= 15 is 0 Å². The summed E-state index contributed by atoms with van der Waals surface area (Å²) >= 11 is 0. The quantitative estimate of drug-likeness (QED) is 0.901. The second kappa shape index (κ2) is 6.54. The van der Waals surface area contributed by atoms with Gasteiger partial charge < -0.3 is 4.74 Å². The molecule has 0 aliphatic carbocycles. The molecule has 2 rings (SSSR count). The highest BCUT2D eigenvalue weighted by atomic mass is 32.2. The Balaban J connectivity index is 2.05. The van der Waals surface area contributed by atoms with Gasteiger partial charge in [-0.05, 0) is 23.8 Å². The molecule has 0 bridgehead atoms. The molecule has 2 aromatic carbocycles. The van der Waals surface area contributed by atoms with Gasteiger partial charge in [-0.3, -0.25) is 5.32 Å². The van der Waals surface area contributed by atoms with E-state index in [0.717, 1.165) is 23.8 Å². The van der Waals surface area contributed by atoms with Crippen LogP contribution in [-0.2, 0) is 21.4 Å². The zero-order valence-corrected chi connectivity index (χ0v) is 12.1. The zero-order valence-electron chi connectivity index (χ0n) is 11.3. The number of primary sulfonamides is 1. The molecule has 0 aliphatic rings. The minimum atomic E-state index is -3.99. The van der Waals surface area contributed by atoms with Crippen LogP contribution in [0, 0.1) is 5.82 Å². The average molecular weight is 324 g/mol. The fraction of sp³-hybridized carbons (Fsp3) is 0.0714. The summed E-state index contributed by atoms with van der Waals surface area (Å²) in [6.07, 6.45) is -0.908. The van der Waals surface area contributed by atoms with Gasteiger partial charge in [0.1, 0.15) is 12.4 Å². The van der Waals surface area contributed by atoms with E-state index in [1.54, 1.807) is 24.3 Å². The van der Waals surface area contributed by atoms with E-state index < -0.39 is 21.9 Å². The molecule has 2 aromatic rings. The maximum absolute atomic E-state index is 13.6. The molecule has 116 valence electrons. The number of hydrogen-bond donors (Lipinski definition) is 2. The third-order valence-electron chi connectivity index (χ3n) is 2.72. The number of anilines is 1. The van der Waals surface area contributed by atoms with E-state index in [1.807, 2.05) is 6.07 Å². The van der Waals surface area contributed by atoms with Gasteiger partial charge in [0, 0.05) is 0 Å². The predicted molar refractivity (Wildman–Crippen MR) is 78.0 cm³/mol. The van der Waals surface area contributed by atoms with Crippen LogP contribution in [-0.4, -0.2) is 14.5 Å². The molecule has 0 unspecified atom stereocenters. The number of sulfonamides is 1. The number of carbonyl (C=O) groups excluding carboxylic acids is 1. The normalized spacial score (nSPS) is 11.0. The van der Waals surface area contributed by atoms with Crippen molar-refractivity contribution in [1.29, 1.82) is 0 Å². The molecule has 0 fully saturated rings. The molecular formula is C14H13FN2O4S. The minimum Gasteiger partial charge on any atom is -0.444 e. The van der Waals surface area contributed by atoms with Gasteiger partial charge in [-0.1, -0.05) is 30.3 Å². The molecule has 0 heterocycles. The smallest absolute Gasteiger partial charge is 0.412 e. The molecule has 3 N–H and O–H groups in total. The topological polar surface area (TPSA) is 98.5 Å². The summed E-state index contributed by atoms with van der Waals surface area (Å²) in [5.74, 6) is -0.802. The predicted octanol–water partition coefficient (Wildman–Crippen LogP) is 2.22. The van der Waals surface area contributed by atoms with Gasteiger partial charge in [0.15, 0.2) is 0 Å². The molecule has 0 aliphatic heterocycles. The second-order valence-electron chi connectivity index (χ2n) is 4.37. The van der Waals surface area contributed by atoms with Crippen molar-refractivity contribution in [3.63, 3.8) is 0 Å². The first-order chi connectivity index (χ1) is 10.4. The fourth-order valence-electron chi connectivity index (χ4n) is 1.65. The lowest BCUT2D eigenvalue weighted by molar-refractivity contribution is 0.155. The Labute approximate surface area is 126 Å². The first-order valence-corrected chi connectivity index (χ1v) is 7.71. The van der Waals surface area contributed by atoms with E-state index in [9.17, 15) is 17.6 Å². The molecular weight excluding hydrogens is 311 g/mol. The van der Waals surface area contributed by atoms with E-state index in [1.165, 1.54) is 0 Å². The van der Waals surface area contributed by atoms with Crippen molar-refractivity contribution in [2.45, 2.75) is 11.5 Å². The van der Waals surface area contributed by atoms with Gasteiger partial charge >= 0.3 is 6.09 Å². The Kier molecular flexibility index (Phi) is 4.74. The van der Waals surface area contributed by atoms with Crippen LogP contribution in [0.1, 0.15) is 5.56 Å². The Hall–Kier alpha value is -2.45. The molecule has 0 radical (unpaired) electrons. The second-order valence-corrected chi connectivity index (χ2v) is 5.93. The summed E-state index contributed by atoms with van der Waals surface area (Å²) in [6.45, 7) is 0.00315. The van der Waals surface area contributed by atoms with Crippen LogP contribution in [0.3, 0.4) is 0 Å². The lowest BCUT2D eigenvalue weighted by Crippen LogP contribution is -2.16. The monoisotopic (exact) mass is 324 g/mol. The molecule has 0 atom stereocenters. The lowest BCUT2D eigenvalue weighted by Gasteiger charge is -2.09. The highest BCUT2D eigenvalue weighted by Crippen LogP contribution is 2.19. The Morgan fingerprint density at radius 1 is 1.18 bits per heavy atom. The highest BCUT2D eigenvalue weighted by molar-refractivity contribution is 7.89. The Bertz CT molecular complexity index is 779. The zero-order chi connectivity index (χ0) is 16.2. The van der Waals surface area contributed by atoms with Crippen LogP contribution in [0.25, 0.3) is 0 Å². The maximum Gasteiger partial charge on any atom is 0.412 e. The van der Waals surface area contributed by atoms with Crippen molar-refractivity contribution in [3.05, 3.63) is 59.9 Å². The van der Waals surface area contributed by atoms with E-state index in [0.29, 0.717) is 0 Å². The summed E-state index contributed by atoms with van der Waals surface area (Å²) in [5, 5.41) is 7.08. The van der Waals surface area contributed by atoms with Gasteiger partial charge in [-0.2, -0.15) is 0 Å². The third-order valence-corrected chi connectivity index (χ3v) is 3.63. The van der Waals surface area contributed by atoms with Gasteiger partial charge in [0.05, 0.1) is 10.6 Å². The van der Waals surface area contributed by atoms with Crippen molar-refractivity contribution in [2.24, 2.45) is 5.14 Å². The molecule has 6 nitrogen and oxygen atoms in total. The standard InChI is InChI=1S/C14H13FN2O4S/c15-12-7-6-11(22(16,19)20)8-13(12)17-14(18)21-9-10-4-2-1-3-5-10/h1-8H,9H2,(H,17,18)(H2,16,19,20). The van der Waals surface area contributed by atoms with Crippen LogP contribution in [0.2, 0.25) is 0 Å². The fourth-order valence-corrected chi connectivity index (χ4v) is 2.19. The highest BCUT2D eigenvalue weighted by Gasteiger charge is 2.14. The minimum absolute atomic E-state index is 0.00315. The number of carbonyl (C=O) groups is 1. The molecule has 0 spiro atoms. The molecule has 0 saturated heterocycles. The number of halogens is 1. The van der Waals surface area contributed by atoms with Crippen LogP contribution >= 0.6 is 0 Å². The van der Waals surface area contributed by atoms with Gasteiger partial charge in [0.25, 0.3) is 0 Å². The van der Waals surface area contributed by atoms with Crippen molar-refractivity contribution >= 4 is 21.8 Å². The Morgan fingerprint density at radius 3 is 2.50 bits per heavy atom. The van der Waals surface area contributed by atoms with Gasteiger partial charge in [0.2, 0.25) is 10.0 Å². The summed E-state index contributed by atoms with van der Waals surface area (Å²) in [5.41, 5.74) is 0.431.